The van der Waals surface area contributed by atoms with Crippen molar-refractivity contribution < 1.29 is 9.13 Å². The maximum Gasteiger partial charge on any atom is 0.146 e. The van der Waals surface area contributed by atoms with Crippen molar-refractivity contribution in [3.63, 3.8) is 0 Å². The Hall–Kier alpha value is -0.640. The number of ether oxygens (including phenoxy) is 1. The van der Waals surface area contributed by atoms with Gasteiger partial charge >= 0.3 is 0 Å². The van der Waals surface area contributed by atoms with Crippen LogP contribution in [0.25, 0.3) is 0 Å². The molecule has 4 heteroatoms. The number of rotatable bonds is 3. The van der Waals surface area contributed by atoms with Gasteiger partial charge in [0.15, 0.2) is 0 Å². The fourth-order valence-electron chi connectivity index (χ4n) is 1.08. The summed E-state index contributed by atoms with van der Waals surface area (Å²) in [5.74, 6) is -0.464. The minimum absolute atomic E-state index is 0.0871. The molecule has 0 unspecified atom stereocenters. The van der Waals surface area contributed by atoms with Gasteiger partial charge in [-0.3, -0.25) is 0 Å². The molecule has 0 spiro atoms. The average Bonchev–Trinajstić information content (AvgIpc) is 2.10. The lowest BCUT2D eigenvalue weighted by Crippen LogP contribution is -2.17. The lowest BCUT2D eigenvalue weighted by molar-refractivity contribution is 0.179. The van der Waals surface area contributed by atoms with E-state index in [9.17, 15) is 4.39 Å². The van der Waals surface area contributed by atoms with Gasteiger partial charge in [0.05, 0.1) is 17.7 Å². The molecular formula is C9H11ClFNO. The molecule has 0 radical (unpaired) electrons. The van der Waals surface area contributed by atoms with E-state index in [2.05, 4.69) is 0 Å². The van der Waals surface area contributed by atoms with Gasteiger partial charge in [-0.2, -0.15) is 0 Å². The second-order valence-corrected chi connectivity index (χ2v) is 3.11. The predicted octanol–water partition coefficient (Wildman–Crippen LogP) is 2.13. The Labute approximate surface area is 81.4 Å². The first-order chi connectivity index (χ1) is 6.16. The highest BCUT2D eigenvalue weighted by Gasteiger charge is 2.12. The molecule has 0 bridgehead atoms. The van der Waals surface area contributed by atoms with E-state index < -0.39 is 11.9 Å². The highest BCUT2D eigenvalue weighted by Crippen LogP contribution is 2.21. The van der Waals surface area contributed by atoms with Crippen molar-refractivity contribution in [2.75, 3.05) is 13.7 Å². The number of benzene rings is 1. The molecule has 1 aromatic rings. The van der Waals surface area contributed by atoms with Crippen LogP contribution in [0.2, 0.25) is 5.02 Å². The van der Waals surface area contributed by atoms with E-state index in [0.717, 1.165) is 0 Å². The van der Waals surface area contributed by atoms with E-state index in [-0.39, 0.29) is 11.6 Å². The molecule has 0 fully saturated rings. The van der Waals surface area contributed by atoms with Crippen LogP contribution in [-0.2, 0) is 4.74 Å². The third kappa shape index (κ3) is 2.40. The SMILES string of the molecule is COC[C@H](N)c1cccc(Cl)c1F. The molecular weight excluding hydrogens is 193 g/mol. The van der Waals surface area contributed by atoms with Gasteiger partial charge in [-0.1, -0.05) is 23.7 Å². The van der Waals surface area contributed by atoms with Crippen LogP contribution < -0.4 is 5.73 Å². The van der Waals surface area contributed by atoms with Crippen LogP contribution in [0.15, 0.2) is 18.2 Å². The van der Waals surface area contributed by atoms with Gasteiger partial charge in [0, 0.05) is 12.7 Å². The van der Waals surface area contributed by atoms with Crippen molar-refractivity contribution in [3.8, 4) is 0 Å². The van der Waals surface area contributed by atoms with Crippen molar-refractivity contribution in [2.45, 2.75) is 6.04 Å². The molecule has 0 saturated heterocycles. The van der Waals surface area contributed by atoms with Crippen molar-refractivity contribution in [1.82, 2.24) is 0 Å². The summed E-state index contributed by atoms with van der Waals surface area (Å²) in [6.45, 7) is 0.275. The number of hydrogen-bond donors (Lipinski definition) is 1. The lowest BCUT2D eigenvalue weighted by Gasteiger charge is -2.11. The Kier molecular flexibility index (Phi) is 3.66. The maximum absolute atomic E-state index is 13.3. The third-order valence-corrected chi connectivity index (χ3v) is 2.02. The van der Waals surface area contributed by atoms with Crippen LogP contribution >= 0.6 is 11.6 Å². The maximum atomic E-state index is 13.3. The Morgan fingerprint density at radius 2 is 2.31 bits per heavy atom. The molecule has 1 rings (SSSR count). The molecule has 0 aromatic heterocycles. The summed E-state index contributed by atoms with van der Waals surface area (Å²) in [6, 6.07) is 4.28. The quantitative estimate of drug-likeness (QED) is 0.817. The zero-order chi connectivity index (χ0) is 9.84. The van der Waals surface area contributed by atoms with E-state index >= 15 is 0 Å². The van der Waals surface area contributed by atoms with Gasteiger partial charge in [0.25, 0.3) is 0 Å². The second kappa shape index (κ2) is 4.56. The van der Waals surface area contributed by atoms with Gasteiger partial charge in [0.1, 0.15) is 5.82 Å². The summed E-state index contributed by atoms with van der Waals surface area (Å²) in [5.41, 5.74) is 6.04. The first kappa shape index (κ1) is 10.4. The van der Waals surface area contributed by atoms with Crippen molar-refractivity contribution in [3.05, 3.63) is 34.6 Å². The van der Waals surface area contributed by atoms with Gasteiger partial charge in [-0.25, -0.2) is 4.39 Å². The monoisotopic (exact) mass is 203 g/mol. The van der Waals surface area contributed by atoms with Crippen LogP contribution in [0.3, 0.4) is 0 Å². The number of methoxy groups -OCH3 is 1. The van der Waals surface area contributed by atoms with E-state index in [1.807, 2.05) is 0 Å². The zero-order valence-electron chi connectivity index (χ0n) is 7.26. The molecule has 2 N–H and O–H groups in total. The summed E-state index contributed by atoms with van der Waals surface area (Å²) >= 11 is 5.59. The number of halogens is 2. The molecule has 0 aliphatic rings. The molecule has 72 valence electrons. The standard InChI is InChI=1S/C9H11ClFNO/c1-13-5-8(12)6-3-2-4-7(10)9(6)11/h2-4,8H,5,12H2,1H3/t8-/m0/s1. The molecule has 0 heterocycles. The Bertz CT molecular complexity index is 293. The van der Waals surface area contributed by atoms with Crippen molar-refractivity contribution >= 4 is 11.6 Å². The molecule has 0 saturated carbocycles. The first-order valence-electron chi connectivity index (χ1n) is 3.85. The molecule has 0 amide bonds. The fourth-order valence-corrected chi connectivity index (χ4v) is 1.26. The van der Waals surface area contributed by atoms with E-state index in [1.54, 1.807) is 12.1 Å². The molecule has 1 atom stereocenters. The number of nitrogens with two attached hydrogens (primary N) is 1. The molecule has 1 aromatic carbocycles. The summed E-state index contributed by atoms with van der Waals surface area (Å²) in [4.78, 5) is 0. The van der Waals surface area contributed by atoms with Gasteiger partial charge in [-0.05, 0) is 6.07 Å². The van der Waals surface area contributed by atoms with Crippen LogP contribution in [0.4, 0.5) is 4.39 Å². The van der Waals surface area contributed by atoms with E-state index in [4.69, 9.17) is 22.1 Å². The minimum atomic E-state index is -0.469. The highest BCUT2D eigenvalue weighted by atomic mass is 35.5. The Morgan fingerprint density at radius 1 is 1.62 bits per heavy atom. The second-order valence-electron chi connectivity index (χ2n) is 2.70. The molecule has 13 heavy (non-hydrogen) atoms. The lowest BCUT2D eigenvalue weighted by atomic mass is 10.1. The predicted molar refractivity (Wildman–Crippen MR) is 50.2 cm³/mol. The smallest absolute Gasteiger partial charge is 0.146 e. The third-order valence-electron chi connectivity index (χ3n) is 1.73. The summed E-state index contributed by atoms with van der Waals surface area (Å²) in [6.07, 6.45) is 0. The average molecular weight is 204 g/mol. The van der Waals surface area contributed by atoms with Crippen LogP contribution in [0, 0.1) is 5.82 Å². The van der Waals surface area contributed by atoms with Gasteiger partial charge in [-0.15, -0.1) is 0 Å². The summed E-state index contributed by atoms with van der Waals surface area (Å²) in [5, 5.41) is 0.0871. The molecule has 0 aliphatic carbocycles. The van der Waals surface area contributed by atoms with Gasteiger partial charge < -0.3 is 10.5 Å². The topological polar surface area (TPSA) is 35.2 Å². The van der Waals surface area contributed by atoms with E-state index in [1.165, 1.54) is 13.2 Å². The Morgan fingerprint density at radius 3 is 2.92 bits per heavy atom. The normalized spacial score (nSPS) is 12.9. The summed E-state index contributed by atoms with van der Waals surface area (Å²) in [7, 11) is 1.52. The van der Waals surface area contributed by atoms with Gasteiger partial charge in [0.2, 0.25) is 0 Å². The molecule has 0 aliphatic heterocycles. The van der Waals surface area contributed by atoms with Crippen LogP contribution in [0.5, 0.6) is 0 Å². The molecule has 2 nitrogen and oxygen atoms in total. The highest BCUT2D eigenvalue weighted by molar-refractivity contribution is 6.30. The largest absolute Gasteiger partial charge is 0.383 e. The van der Waals surface area contributed by atoms with E-state index in [0.29, 0.717) is 5.56 Å². The minimum Gasteiger partial charge on any atom is -0.383 e. The zero-order valence-corrected chi connectivity index (χ0v) is 8.01. The Balaban J connectivity index is 2.93. The first-order valence-corrected chi connectivity index (χ1v) is 4.23. The summed E-state index contributed by atoms with van der Waals surface area (Å²) < 4.78 is 18.1. The van der Waals surface area contributed by atoms with Crippen molar-refractivity contribution in [2.24, 2.45) is 5.73 Å². The van der Waals surface area contributed by atoms with Crippen LogP contribution in [0.1, 0.15) is 11.6 Å². The fraction of sp³-hybridized carbons (Fsp3) is 0.333. The van der Waals surface area contributed by atoms with Crippen LogP contribution in [-0.4, -0.2) is 13.7 Å². The number of hydrogen-bond acceptors (Lipinski definition) is 2. The van der Waals surface area contributed by atoms with Crippen molar-refractivity contribution in [1.29, 1.82) is 0 Å².